The minimum Gasteiger partial charge on any atom is -0.359 e. The topological polar surface area (TPSA) is 68.2 Å². The van der Waals surface area contributed by atoms with E-state index in [4.69, 9.17) is 9.05 Å². The Kier molecular flexibility index (Phi) is 14.4. The molecule has 0 fully saturated rings. The third kappa shape index (κ3) is 9.97. The number of amidine groups is 1. The number of carbonyl (C=O) groups excluding carboxylic acids is 1. The quantitative estimate of drug-likeness (QED) is 0.121. The lowest BCUT2D eigenvalue weighted by molar-refractivity contribution is -0.115. The molecule has 32 heavy (non-hydrogen) atoms. The van der Waals surface area contributed by atoms with Gasteiger partial charge < -0.3 is 13.9 Å². The van der Waals surface area contributed by atoms with Gasteiger partial charge in [-0.25, -0.2) is 0 Å². The van der Waals surface area contributed by atoms with Gasteiger partial charge in [0, 0.05) is 20.0 Å². The summed E-state index contributed by atoms with van der Waals surface area (Å²) in [6.07, 6.45) is 5.69. The van der Waals surface area contributed by atoms with Crippen LogP contribution in [0.25, 0.3) is 0 Å². The van der Waals surface area contributed by atoms with Gasteiger partial charge in [-0.15, -0.1) is 0 Å². The third-order valence-corrected chi connectivity index (χ3v) is 7.33. The summed E-state index contributed by atoms with van der Waals surface area (Å²) in [5.74, 6) is 0.227. The fraction of sp³-hybridized carbons (Fsp3) is 0.680. The van der Waals surface area contributed by atoms with Crippen molar-refractivity contribution in [1.82, 2.24) is 4.90 Å². The standard InChI is InChI=1S/C25H43N2O4P/c1-6-10-19-30-32(29,31-20-11-7-2)24(21-23-15-13-12-14-16-23)25(26-22(5)28)27(17-8-3)18-9-4/h12-16,24H,6-11,17-21H2,1-5H3. The molecule has 0 N–H and O–H groups in total. The van der Waals surface area contributed by atoms with Crippen molar-refractivity contribution in [3.05, 3.63) is 35.9 Å². The minimum atomic E-state index is -3.59. The number of unbranched alkanes of at least 4 members (excludes halogenated alkanes) is 2. The van der Waals surface area contributed by atoms with Crippen molar-refractivity contribution in [3.63, 3.8) is 0 Å². The average Bonchev–Trinajstić information content (AvgIpc) is 2.77. The number of amides is 1. The highest BCUT2D eigenvalue weighted by Gasteiger charge is 2.42. The van der Waals surface area contributed by atoms with Gasteiger partial charge in [-0.2, -0.15) is 4.99 Å². The van der Waals surface area contributed by atoms with Crippen molar-refractivity contribution < 1.29 is 18.4 Å². The molecule has 0 radical (unpaired) electrons. The molecule has 1 rings (SSSR count). The highest BCUT2D eigenvalue weighted by molar-refractivity contribution is 7.55. The van der Waals surface area contributed by atoms with E-state index < -0.39 is 13.3 Å². The van der Waals surface area contributed by atoms with E-state index in [-0.39, 0.29) is 5.91 Å². The van der Waals surface area contributed by atoms with Crippen molar-refractivity contribution >= 4 is 19.3 Å². The van der Waals surface area contributed by atoms with Gasteiger partial charge >= 0.3 is 7.60 Å². The Balaban J connectivity index is 3.52. The second kappa shape index (κ2) is 16.2. The molecular formula is C25H43N2O4P. The van der Waals surface area contributed by atoms with Crippen LogP contribution in [0.1, 0.15) is 78.7 Å². The Morgan fingerprint density at radius 3 is 1.91 bits per heavy atom. The smallest absolute Gasteiger partial charge is 0.341 e. The SMILES string of the molecule is CCCCOP(=O)(OCCCC)C(Cc1ccccc1)C(=NC(C)=O)N(CCC)CCC. The van der Waals surface area contributed by atoms with Crippen LogP contribution in [0.15, 0.2) is 35.3 Å². The summed E-state index contributed by atoms with van der Waals surface area (Å²) in [5.41, 5.74) is 0.376. The molecule has 1 amide bonds. The predicted molar refractivity (Wildman–Crippen MR) is 134 cm³/mol. The fourth-order valence-corrected chi connectivity index (χ4v) is 5.61. The van der Waals surface area contributed by atoms with Gasteiger partial charge in [0.2, 0.25) is 5.91 Å². The monoisotopic (exact) mass is 466 g/mol. The van der Waals surface area contributed by atoms with Gasteiger partial charge in [0.05, 0.1) is 13.2 Å². The Labute approximate surface area is 195 Å². The molecule has 0 saturated carbocycles. The van der Waals surface area contributed by atoms with Crippen LogP contribution in [0, 0.1) is 0 Å². The average molecular weight is 467 g/mol. The molecule has 0 heterocycles. The highest BCUT2D eigenvalue weighted by atomic mass is 31.2. The van der Waals surface area contributed by atoms with Crippen LogP contribution in [0.5, 0.6) is 0 Å². The zero-order chi connectivity index (χ0) is 23.8. The van der Waals surface area contributed by atoms with E-state index >= 15 is 0 Å². The first-order valence-corrected chi connectivity index (χ1v) is 13.8. The van der Waals surface area contributed by atoms with Crippen LogP contribution in [0.2, 0.25) is 0 Å². The van der Waals surface area contributed by atoms with Crippen molar-refractivity contribution in [2.45, 2.75) is 85.2 Å². The van der Waals surface area contributed by atoms with Crippen LogP contribution in [-0.2, 0) is 24.8 Å². The lowest BCUT2D eigenvalue weighted by Crippen LogP contribution is -2.42. The molecular weight excluding hydrogens is 423 g/mol. The molecule has 0 saturated heterocycles. The van der Waals surface area contributed by atoms with Gasteiger partial charge in [0.15, 0.2) is 0 Å². The maximum Gasteiger partial charge on any atom is 0.341 e. The van der Waals surface area contributed by atoms with Crippen LogP contribution in [0.3, 0.4) is 0 Å². The van der Waals surface area contributed by atoms with E-state index in [0.29, 0.717) is 25.5 Å². The third-order valence-electron chi connectivity index (χ3n) is 5.07. The zero-order valence-corrected chi connectivity index (χ0v) is 21.6. The summed E-state index contributed by atoms with van der Waals surface area (Å²) in [7, 11) is -3.59. The van der Waals surface area contributed by atoms with E-state index in [9.17, 15) is 9.36 Å². The number of benzene rings is 1. The molecule has 0 aliphatic carbocycles. The van der Waals surface area contributed by atoms with Crippen molar-refractivity contribution in [1.29, 1.82) is 0 Å². The van der Waals surface area contributed by atoms with Gasteiger partial charge in [-0.05, 0) is 37.7 Å². The summed E-state index contributed by atoms with van der Waals surface area (Å²) in [5, 5.41) is 0. The number of hydrogen-bond donors (Lipinski definition) is 0. The molecule has 1 atom stereocenters. The summed E-state index contributed by atoms with van der Waals surface area (Å²) < 4.78 is 26.4. The Hall–Kier alpha value is -1.49. The van der Waals surface area contributed by atoms with Crippen LogP contribution in [-0.4, -0.2) is 48.6 Å². The number of nitrogens with zero attached hydrogens (tertiary/aromatic N) is 2. The minimum absolute atomic E-state index is 0.302. The molecule has 1 aromatic carbocycles. The predicted octanol–water partition coefficient (Wildman–Crippen LogP) is 6.49. The molecule has 7 heteroatoms. The van der Waals surface area contributed by atoms with Crippen molar-refractivity contribution in [3.8, 4) is 0 Å². The fourth-order valence-electron chi connectivity index (χ4n) is 3.47. The van der Waals surface area contributed by atoms with E-state index in [1.807, 2.05) is 30.3 Å². The number of carbonyl (C=O) groups is 1. The van der Waals surface area contributed by atoms with Gasteiger partial charge in [-0.1, -0.05) is 70.9 Å². The first-order chi connectivity index (χ1) is 15.4. The Morgan fingerprint density at radius 1 is 0.938 bits per heavy atom. The lowest BCUT2D eigenvalue weighted by atomic mass is 10.1. The molecule has 182 valence electrons. The van der Waals surface area contributed by atoms with E-state index in [2.05, 4.69) is 37.6 Å². The molecule has 0 bridgehead atoms. The molecule has 0 spiro atoms. The molecule has 1 unspecified atom stereocenters. The highest BCUT2D eigenvalue weighted by Crippen LogP contribution is 2.55. The molecule has 0 aliphatic heterocycles. The Morgan fingerprint density at radius 2 is 1.47 bits per heavy atom. The summed E-state index contributed by atoms with van der Waals surface area (Å²) in [4.78, 5) is 18.7. The summed E-state index contributed by atoms with van der Waals surface area (Å²) in [6, 6.07) is 9.89. The van der Waals surface area contributed by atoms with E-state index in [1.165, 1.54) is 6.92 Å². The lowest BCUT2D eigenvalue weighted by Gasteiger charge is -2.34. The van der Waals surface area contributed by atoms with Crippen molar-refractivity contribution in [2.75, 3.05) is 26.3 Å². The van der Waals surface area contributed by atoms with Gasteiger partial charge in [0.1, 0.15) is 11.5 Å². The number of aliphatic imine (C=N–C) groups is 1. The molecule has 0 aliphatic rings. The molecule has 0 aromatic heterocycles. The Bertz CT molecular complexity index is 704. The molecule has 6 nitrogen and oxygen atoms in total. The first kappa shape index (κ1) is 28.5. The maximum absolute atomic E-state index is 14.3. The largest absolute Gasteiger partial charge is 0.359 e. The van der Waals surface area contributed by atoms with Gasteiger partial charge in [0.25, 0.3) is 0 Å². The first-order valence-electron chi connectivity index (χ1n) is 12.2. The normalized spacial score (nSPS) is 13.2. The second-order valence-corrected chi connectivity index (χ2v) is 10.3. The second-order valence-electron chi connectivity index (χ2n) is 8.09. The maximum atomic E-state index is 14.3. The summed E-state index contributed by atoms with van der Waals surface area (Å²) >= 11 is 0. The zero-order valence-electron chi connectivity index (χ0n) is 20.7. The number of hydrogen-bond acceptors (Lipinski definition) is 4. The van der Waals surface area contributed by atoms with Crippen molar-refractivity contribution in [2.24, 2.45) is 4.99 Å². The van der Waals surface area contributed by atoms with Crippen LogP contribution < -0.4 is 0 Å². The van der Waals surface area contributed by atoms with Gasteiger partial charge in [-0.3, -0.25) is 9.36 Å². The summed E-state index contributed by atoms with van der Waals surface area (Å²) in [6.45, 7) is 12.0. The van der Waals surface area contributed by atoms with E-state index in [0.717, 1.165) is 57.2 Å². The van der Waals surface area contributed by atoms with Crippen LogP contribution in [0.4, 0.5) is 0 Å². The van der Waals surface area contributed by atoms with Crippen LogP contribution >= 0.6 is 7.60 Å². The van der Waals surface area contributed by atoms with E-state index in [1.54, 1.807) is 0 Å². The molecule has 1 aromatic rings. The number of rotatable bonds is 16.